The molecule has 0 bridgehead atoms. The van der Waals surface area contributed by atoms with Crippen LogP contribution in [-0.2, 0) is 0 Å². The van der Waals surface area contributed by atoms with Crippen LogP contribution in [-0.4, -0.2) is 10.9 Å². The van der Waals surface area contributed by atoms with E-state index in [-0.39, 0.29) is 11.6 Å². The molecule has 5 nitrogen and oxygen atoms in total. The highest BCUT2D eigenvalue weighted by Crippen LogP contribution is 2.25. The van der Waals surface area contributed by atoms with Gasteiger partial charge in [-0.05, 0) is 48.5 Å². The molecule has 0 fully saturated rings. The molecule has 0 aliphatic rings. The highest BCUT2D eigenvalue weighted by atomic mass is 35.5. The van der Waals surface area contributed by atoms with Gasteiger partial charge in [-0.1, -0.05) is 29.3 Å². The summed E-state index contributed by atoms with van der Waals surface area (Å²) in [5, 5.41) is 15.8. The van der Waals surface area contributed by atoms with Crippen molar-refractivity contribution in [2.45, 2.75) is 0 Å². The van der Waals surface area contributed by atoms with Crippen LogP contribution in [0.15, 0.2) is 60.8 Å². The van der Waals surface area contributed by atoms with Crippen LogP contribution in [0.1, 0.15) is 16.1 Å². The van der Waals surface area contributed by atoms with Crippen LogP contribution in [0.3, 0.4) is 0 Å². The lowest BCUT2D eigenvalue weighted by molar-refractivity contribution is 0.102. The van der Waals surface area contributed by atoms with Crippen LogP contribution in [0.4, 0.5) is 17.1 Å². The summed E-state index contributed by atoms with van der Waals surface area (Å²) < 4.78 is 0. The summed E-state index contributed by atoms with van der Waals surface area (Å²) in [5.74, 6) is -0.382. The Morgan fingerprint density at radius 2 is 1.73 bits per heavy atom. The number of pyridine rings is 1. The third-order valence-corrected chi connectivity index (χ3v) is 3.83. The van der Waals surface area contributed by atoms with Crippen molar-refractivity contribution in [3.05, 3.63) is 82.1 Å². The van der Waals surface area contributed by atoms with Crippen LogP contribution in [0.25, 0.3) is 0 Å². The minimum atomic E-state index is -0.382. The summed E-state index contributed by atoms with van der Waals surface area (Å²) in [6.07, 6.45) is 1.52. The second-order valence-electron chi connectivity index (χ2n) is 5.36. The Morgan fingerprint density at radius 3 is 2.46 bits per heavy atom. The largest absolute Gasteiger partial charge is 0.355 e. The van der Waals surface area contributed by atoms with Gasteiger partial charge in [0.25, 0.3) is 5.91 Å². The molecule has 2 N–H and O–H groups in total. The van der Waals surface area contributed by atoms with Crippen molar-refractivity contribution in [1.82, 2.24) is 4.98 Å². The van der Waals surface area contributed by atoms with Gasteiger partial charge >= 0.3 is 0 Å². The van der Waals surface area contributed by atoms with E-state index in [1.165, 1.54) is 6.20 Å². The average molecular weight is 383 g/mol. The molecular weight excluding hydrogens is 371 g/mol. The van der Waals surface area contributed by atoms with Crippen molar-refractivity contribution in [2.75, 3.05) is 10.6 Å². The highest BCUT2D eigenvalue weighted by Gasteiger charge is 2.09. The van der Waals surface area contributed by atoms with Gasteiger partial charge in [0.1, 0.15) is 5.69 Å². The maximum Gasteiger partial charge on any atom is 0.274 e. The SMILES string of the molecule is N#Cc1cccc(NC(=O)c2cc(Nc3cc(Cl)cc(Cl)c3)ccn2)c1. The fourth-order valence-electron chi connectivity index (χ4n) is 2.29. The number of nitriles is 1. The number of carbonyl (C=O) groups is 1. The number of hydrogen-bond acceptors (Lipinski definition) is 4. The van der Waals surface area contributed by atoms with Crippen molar-refractivity contribution in [2.24, 2.45) is 0 Å². The third kappa shape index (κ3) is 4.51. The number of halogens is 2. The maximum absolute atomic E-state index is 12.4. The molecule has 3 aromatic rings. The van der Waals surface area contributed by atoms with Gasteiger partial charge in [0, 0.05) is 33.3 Å². The predicted octanol–water partition coefficient (Wildman–Crippen LogP) is 5.26. The topological polar surface area (TPSA) is 77.8 Å². The standard InChI is InChI=1S/C19H12Cl2N4O/c20-13-7-14(21)9-17(8-13)24-16-4-5-23-18(10-16)19(26)25-15-3-1-2-12(6-15)11-22/h1-10H,(H,23,24)(H,25,26). The first-order valence-electron chi connectivity index (χ1n) is 7.54. The Bertz CT molecular complexity index is 994. The molecule has 128 valence electrons. The van der Waals surface area contributed by atoms with Crippen molar-refractivity contribution >= 4 is 46.2 Å². The number of amides is 1. The van der Waals surface area contributed by atoms with E-state index in [0.29, 0.717) is 32.7 Å². The summed E-state index contributed by atoms with van der Waals surface area (Å²) in [6, 6.07) is 17.1. The molecule has 0 unspecified atom stereocenters. The van der Waals surface area contributed by atoms with E-state index in [0.717, 1.165) is 0 Å². The van der Waals surface area contributed by atoms with Gasteiger partial charge < -0.3 is 10.6 Å². The van der Waals surface area contributed by atoms with Gasteiger partial charge in [-0.2, -0.15) is 5.26 Å². The van der Waals surface area contributed by atoms with Crippen molar-refractivity contribution < 1.29 is 4.79 Å². The van der Waals surface area contributed by atoms with Crippen LogP contribution < -0.4 is 10.6 Å². The molecule has 0 radical (unpaired) electrons. The van der Waals surface area contributed by atoms with Gasteiger partial charge in [-0.25, -0.2) is 0 Å². The zero-order chi connectivity index (χ0) is 18.5. The number of carbonyl (C=O) groups excluding carboxylic acids is 1. The van der Waals surface area contributed by atoms with Gasteiger partial charge in [-0.3, -0.25) is 9.78 Å². The Morgan fingerprint density at radius 1 is 0.962 bits per heavy atom. The monoisotopic (exact) mass is 382 g/mol. The zero-order valence-electron chi connectivity index (χ0n) is 13.3. The van der Waals surface area contributed by atoms with Gasteiger partial charge in [0.05, 0.1) is 11.6 Å². The van der Waals surface area contributed by atoms with E-state index in [1.54, 1.807) is 54.6 Å². The Hall–Kier alpha value is -3.07. The van der Waals surface area contributed by atoms with E-state index in [1.807, 2.05) is 6.07 Å². The first-order chi connectivity index (χ1) is 12.5. The van der Waals surface area contributed by atoms with Crippen LogP contribution >= 0.6 is 23.2 Å². The number of rotatable bonds is 4. The number of nitrogens with zero attached hydrogens (tertiary/aromatic N) is 2. The maximum atomic E-state index is 12.4. The Labute approximate surface area is 160 Å². The van der Waals surface area contributed by atoms with E-state index in [9.17, 15) is 4.79 Å². The van der Waals surface area contributed by atoms with E-state index in [2.05, 4.69) is 15.6 Å². The fourth-order valence-corrected chi connectivity index (χ4v) is 2.81. The van der Waals surface area contributed by atoms with Gasteiger partial charge in [-0.15, -0.1) is 0 Å². The predicted molar refractivity (Wildman–Crippen MR) is 103 cm³/mol. The van der Waals surface area contributed by atoms with Crippen molar-refractivity contribution in [3.63, 3.8) is 0 Å². The molecule has 3 rings (SSSR count). The lowest BCUT2D eigenvalue weighted by Gasteiger charge is -2.09. The Balaban J connectivity index is 1.78. The number of hydrogen-bond donors (Lipinski definition) is 2. The lowest BCUT2D eigenvalue weighted by atomic mass is 10.2. The second kappa shape index (κ2) is 7.87. The van der Waals surface area contributed by atoms with Crippen LogP contribution in [0, 0.1) is 11.3 Å². The van der Waals surface area contributed by atoms with Crippen LogP contribution in [0.2, 0.25) is 10.0 Å². The second-order valence-corrected chi connectivity index (χ2v) is 6.23. The number of benzene rings is 2. The molecule has 1 aromatic heterocycles. The van der Waals surface area contributed by atoms with Gasteiger partial charge in [0.2, 0.25) is 0 Å². The lowest BCUT2D eigenvalue weighted by Crippen LogP contribution is -2.13. The van der Waals surface area contributed by atoms with Crippen molar-refractivity contribution in [3.8, 4) is 6.07 Å². The van der Waals surface area contributed by atoms with Crippen molar-refractivity contribution in [1.29, 1.82) is 5.26 Å². The molecule has 7 heteroatoms. The first kappa shape index (κ1) is 17.7. The molecule has 26 heavy (non-hydrogen) atoms. The summed E-state index contributed by atoms with van der Waals surface area (Å²) in [5.41, 5.74) is 2.57. The first-order valence-corrected chi connectivity index (χ1v) is 8.30. The van der Waals surface area contributed by atoms with E-state index in [4.69, 9.17) is 28.5 Å². The molecule has 0 saturated heterocycles. The van der Waals surface area contributed by atoms with E-state index < -0.39 is 0 Å². The molecule has 0 aliphatic carbocycles. The normalized spacial score (nSPS) is 10.0. The van der Waals surface area contributed by atoms with Gasteiger partial charge in [0.15, 0.2) is 0 Å². The summed E-state index contributed by atoms with van der Waals surface area (Å²) >= 11 is 12.0. The summed E-state index contributed by atoms with van der Waals surface area (Å²) in [7, 11) is 0. The number of aromatic nitrogens is 1. The molecule has 0 spiro atoms. The molecular formula is C19H12Cl2N4O. The number of nitrogens with one attached hydrogen (secondary N) is 2. The zero-order valence-corrected chi connectivity index (χ0v) is 14.8. The number of anilines is 3. The van der Waals surface area contributed by atoms with Crippen LogP contribution in [0.5, 0.6) is 0 Å². The molecule has 0 saturated carbocycles. The molecule has 1 heterocycles. The highest BCUT2D eigenvalue weighted by molar-refractivity contribution is 6.35. The quantitative estimate of drug-likeness (QED) is 0.645. The minimum absolute atomic E-state index is 0.227. The minimum Gasteiger partial charge on any atom is -0.355 e. The summed E-state index contributed by atoms with van der Waals surface area (Å²) in [6.45, 7) is 0. The molecule has 2 aromatic carbocycles. The molecule has 1 amide bonds. The molecule has 0 atom stereocenters. The van der Waals surface area contributed by atoms with E-state index >= 15 is 0 Å². The molecule has 0 aliphatic heterocycles. The third-order valence-electron chi connectivity index (χ3n) is 3.39. The average Bonchev–Trinajstić information content (AvgIpc) is 2.61. The summed E-state index contributed by atoms with van der Waals surface area (Å²) in [4.78, 5) is 16.5. The smallest absolute Gasteiger partial charge is 0.274 e. The Kier molecular flexibility index (Phi) is 5.37. The fraction of sp³-hybridized carbons (Fsp3) is 0.